The molecular weight excluding hydrogens is 397 g/mol. The molecule has 2 fully saturated rings. The van der Waals surface area contributed by atoms with Crippen molar-refractivity contribution in [1.82, 2.24) is 10.2 Å². The summed E-state index contributed by atoms with van der Waals surface area (Å²) in [5.41, 5.74) is 1.28. The van der Waals surface area contributed by atoms with E-state index in [1.54, 1.807) is 0 Å². The number of hydrogen-bond donors (Lipinski definition) is 1. The summed E-state index contributed by atoms with van der Waals surface area (Å²) in [6.07, 6.45) is 12.4. The summed E-state index contributed by atoms with van der Waals surface area (Å²) in [4.78, 5) is 7.61. The summed E-state index contributed by atoms with van der Waals surface area (Å²) in [7, 11) is 0. The molecule has 5 unspecified atom stereocenters. The number of likely N-dealkylation sites (tertiary alicyclic amines) is 1. The van der Waals surface area contributed by atoms with Gasteiger partial charge in [0.15, 0.2) is 0 Å². The Hall–Kier alpha value is -0.450. The maximum atomic E-state index is 13.7. The Morgan fingerprint density at radius 3 is 2.60 bits per heavy atom. The van der Waals surface area contributed by atoms with Crippen LogP contribution in [0, 0.1) is 23.7 Å². The first kappa shape index (κ1) is 22.7. The van der Waals surface area contributed by atoms with Crippen LogP contribution in [0.15, 0.2) is 17.1 Å². The van der Waals surface area contributed by atoms with Gasteiger partial charge in [0.1, 0.15) is 6.17 Å². The normalized spacial score (nSPS) is 36.7. The predicted molar refractivity (Wildman–Crippen MR) is 125 cm³/mol. The average molecular weight is 438 g/mol. The van der Waals surface area contributed by atoms with E-state index >= 15 is 0 Å². The van der Waals surface area contributed by atoms with Crippen LogP contribution in [0.5, 0.6) is 0 Å². The lowest BCUT2D eigenvalue weighted by Crippen LogP contribution is -2.48. The van der Waals surface area contributed by atoms with Crippen molar-refractivity contribution in [2.24, 2.45) is 28.7 Å². The highest BCUT2D eigenvalue weighted by molar-refractivity contribution is 6.21. The number of fused-ring (bicyclic) bond motifs is 1. The fourth-order valence-corrected chi connectivity index (χ4v) is 6.30. The molecule has 1 saturated carbocycles. The molecule has 0 amide bonds. The zero-order valence-corrected chi connectivity index (χ0v) is 19.7. The van der Waals surface area contributed by atoms with Gasteiger partial charge in [-0.15, -0.1) is 11.6 Å². The summed E-state index contributed by atoms with van der Waals surface area (Å²) in [6.45, 7) is 9.09. The Labute approximate surface area is 187 Å². The third-order valence-corrected chi connectivity index (χ3v) is 8.50. The Morgan fingerprint density at radius 1 is 1.10 bits per heavy atom. The maximum absolute atomic E-state index is 13.7. The number of hydrogen-bond acceptors (Lipinski definition) is 3. The summed E-state index contributed by atoms with van der Waals surface area (Å²) < 4.78 is 13.7. The number of alkyl halides is 2. The van der Waals surface area contributed by atoms with E-state index in [9.17, 15) is 4.39 Å². The topological polar surface area (TPSA) is 27.6 Å². The number of rotatable bonds is 7. The molecule has 1 N–H and O–H groups in total. The van der Waals surface area contributed by atoms with Crippen LogP contribution in [0.3, 0.4) is 0 Å². The number of halogens is 2. The molecule has 30 heavy (non-hydrogen) atoms. The lowest BCUT2D eigenvalue weighted by molar-refractivity contribution is 0.136. The van der Waals surface area contributed by atoms with E-state index in [0.29, 0.717) is 30.3 Å². The van der Waals surface area contributed by atoms with E-state index in [-0.39, 0.29) is 5.38 Å². The van der Waals surface area contributed by atoms with Crippen LogP contribution in [0.2, 0.25) is 0 Å². The molecular formula is C25H41ClFN3. The van der Waals surface area contributed by atoms with Crippen molar-refractivity contribution < 1.29 is 4.39 Å². The average Bonchev–Trinajstić information content (AvgIpc) is 3.14. The minimum atomic E-state index is -0.597. The molecule has 0 aromatic carbocycles. The molecule has 6 atom stereocenters. The number of aliphatic imine (C=N–C) groups is 1. The number of piperidine rings is 1. The van der Waals surface area contributed by atoms with Gasteiger partial charge in [-0.1, -0.05) is 26.0 Å². The van der Waals surface area contributed by atoms with Crippen molar-refractivity contribution in [3.8, 4) is 0 Å². The zero-order valence-electron chi connectivity index (χ0n) is 18.9. The van der Waals surface area contributed by atoms with Crippen molar-refractivity contribution in [3.05, 3.63) is 12.2 Å². The Kier molecular flexibility index (Phi) is 7.91. The second-order valence-electron chi connectivity index (χ2n) is 10.6. The minimum Gasteiger partial charge on any atom is -0.307 e. The number of allylic oxidation sites excluding steroid dienone is 2. The lowest BCUT2D eigenvalue weighted by Gasteiger charge is -2.38. The minimum absolute atomic E-state index is 0.256. The molecule has 4 rings (SSSR count). The molecule has 4 aliphatic rings. The molecule has 0 bridgehead atoms. The van der Waals surface area contributed by atoms with Crippen LogP contribution in [-0.4, -0.2) is 60.4 Å². The number of nitrogens with one attached hydrogen (secondary N) is 1. The van der Waals surface area contributed by atoms with Crippen LogP contribution in [-0.2, 0) is 0 Å². The molecule has 2 aliphatic carbocycles. The highest BCUT2D eigenvalue weighted by Gasteiger charge is 2.35. The van der Waals surface area contributed by atoms with E-state index in [2.05, 4.69) is 36.2 Å². The highest BCUT2D eigenvalue weighted by Crippen LogP contribution is 2.36. The van der Waals surface area contributed by atoms with Gasteiger partial charge in [-0.05, 0) is 88.1 Å². The van der Waals surface area contributed by atoms with Gasteiger partial charge in [-0.2, -0.15) is 0 Å². The van der Waals surface area contributed by atoms with E-state index in [1.807, 2.05) is 0 Å². The molecule has 2 heterocycles. The van der Waals surface area contributed by atoms with Crippen molar-refractivity contribution in [2.75, 3.05) is 26.2 Å². The second kappa shape index (κ2) is 10.4. The monoisotopic (exact) mass is 437 g/mol. The van der Waals surface area contributed by atoms with Gasteiger partial charge in [0, 0.05) is 24.8 Å². The molecule has 3 nitrogen and oxygen atoms in total. The largest absolute Gasteiger partial charge is 0.307 e. The third kappa shape index (κ3) is 5.86. The molecule has 0 radical (unpaired) electrons. The fraction of sp³-hybridized carbons (Fsp3) is 0.880. The fourth-order valence-electron chi connectivity index (χ4n) is 6.09. The van der Waals surface area contributed by atoms with Gasteiger partial charge in [0.2, 0.25) is 0 Å². The maximum Gasteiger partial charge on any atom is 0.101 e. The van der Waals surface area contributed by atoms with Crippen molar-refractivity contribution >= 4 is 17.3 Å². The van der Waals surface area contributed by atoms with Gasteiger partial charge < -0.3 is 10.2 Å². The lowest BCUT2D eigenvalue weighted by atomic mass is 9.79. The van der Waals surface area contributed by atoms with Crippen molar-refractivity contribution in [3.63, 3.8) is 0 Å². The highest BCUT2D eigenvalue weighted by atomic mass is 35.5. The van der Waals surface area contributed by atoms with E-state index in [0.717, 1.165) is 50.6 Å². The Morgan fingerprint density at radius 2 is 1.90 bits per heavy atom. The van der Waals surface area contributed by atoms with Crippen molar-refractivity contribution in [1.29, 1.82) is 0 Å². The Balaban J connectivity index is 1.21. The summed E-state index contributed by atoms with van der Waals surface area (Å²) in [6, 6.07) is 0.889. The molecule has 0 aromatic heterocycles. The second-order valence-corrected chi connectivity index (χ2v) is 11.2. The van der Waals surface area contributed by atoms with E-state index in [4.69, 9.17) is 16.6 Å². The van der Waals surface area contributed by atoms with Gasteiger partial charge in [0.25, 0.3) is 0 Å². The van der Waals surface area contributed by atoms with Crippen LogP contribution in [0.4, 0.5) is 4.39 Å². The SMILES string of the molecule is CC(C)[C@H](CN1CCC(C2C=CC(Cl)CC2)CC1)NCC1=NC2CCC(F)CC2C1. The first-order valence-corrected chi connectivity index (χ1v) is 12.9. The molecule has 0 aromatic rings. The van der Waals surface area contributed by atoms with Crippen LogP contribution in [0.25, 0.3) is 0 Å². The smallest absolute Gasteiger partial charge is 0.101 e. The summed E-state index contributed by atoms with van der Waals surface area (Å²) in [5.74, 6) is 2.64. The third-order valence-electron chi connectivity index (χ3n) is 8.13. The molecule has 5 heteroatoms. The first-order chi connectivity index (χ1) is 14.5. The molecule has 170 valence electrons. The quantitative estimate of drug-likeness (QED) is 0.435. The standard InChI is InChI=1S/C25H41ClFN3/c1-17(2)25(28-15-23-14-20-13-22(27)7-8-24(20)29-23)16-30-11-9-19(10-12-30)18-3-5-21(26)6-4-18/h3,5,17-22,24-25,28H,4,6-16H2,1-2H3/t18?,20?,21?,22?,24?,25-/m0/s1. The molecule has 1 saturated heterocycles. The van der Waals surface area contributed by atoms with Gasteiger partial charge >= 0.3 is 0 Å². The number of nitrogens with zero attached hydrogens (tertiary/aromatic N) is 2. The Bertz CT molecular complexity index is 614. The predicted octanol–water partition coefficient (Wildman–Crippen LogP) is 5.24. The van der Waals surface area contributed by atoms with Gasteiger partial charge in [-0.3, -0.25) is 4.99 Å². The van der Waals surface area contributed by atoms with Crippen molar-refractivity contribution in [2.45, 2.75) is 88.8 Å². The van der Waals surface area contributed by atoms with E-state index in [1.165, 1.54) is 38.1 Å². The summed E-state index contributed by atoms with van der Waals surface area (Å²) in [5, 5.41) is 4.07. The summed E-state index contributed by atoms with van der Waals surface area (Å²) >= 11 is 6.22. The van der Waals surface area contributed by atoms with Crippen LogP contribution in [0.1, 0.15) is 65.2 Å². The zero-order chi connectivity index (χ0) is 21.1. The van der Waals surface area contributed by atoms with Gasteiger partial charge in [-0.25, -0.2) is 4.39 Å². The van der Waals surface area contributed by atoms with E-state index < -0.39 is 6.17 Å². The van der Waals surface area contributed by atoms with Crippen LogP contribution < -0.4 is 5.32 Å². The molecule has 0 spiro atoms. The van der Waals surface area contributed by atoms with Crippen LogP contribution >= 0.6 is 11.6 Å². The first-order valence-electron chi connectivity index (χ1n) is 12.5. The van der Waals surface area contributed by atoms with Gasteiger partial charge in [0.05, 0.1) is 11.4 Å². The molecule has 2 aliphatic heterocycles.